The fourth-order valence-electron chi connectivity index (χ4n) is 4.23. The Morgan fingerprint density at radius 2 is 1.79 bits per heavy atom. The van der Waals surface area contributed by atoms with E-state index in [1.807, 2.05) is 37.6 Å². The number of nitrogens with one attached hydrogen (secondary N) is 1. The maximum Gasteiger partial charge on any atom is 0.270 e. The van der Waals surface area contributed by atoms with E-state index < -0.39 is 32.4 Å². The molecule has 0 atom stereocenters. The van der Waals surface area contributed by atoms with Gasteiger partial charge in [-0.05, 0) is 69.2 Å². The molecule has 0 bridgehead atoms. The third kappa shape index (κ3) is 6.23. The lowest BCUT2D eigenvalue weighted by Crippen LogP contribution is -2.34. The number of hydrogen-bond donors (Lipinski definition) is 1. The van der Waals surface area contributed by atoms with Crippen LogP contribution in [-0.2, 0) is 14.8 Å². The number of pyridine rings is 1. The van der Waals surface area contributed by atoms with Crippen LogP contribution >= 0.6 is 0 Å². The average molecular weight is 551 g/mol. The number of amides is 1. The normalized spacial score (nSPS) is 13.2. The highest BCUT2D eigenvalue weighted by Gasteiger charge is 2.29. The van der Waals surface area contributed by atoms with Crippen molar-refractivity contribution in [2.24, 2.45) is 0 Å². The first kappa shape index (κ1) is 27.7. The molecule has 0 aliphatic heterocycles. The second kappa shape index (κ2) is 11.2. The monoisotopic (exact) mass is 550 g/mol. The highest BCUT2D eigenvalue weighted by Crippen LogP contribution is 2.33. The number of aromatic nitrogens is 1. The summed E-state index contributed by atoms with van der Waals surface area (Å²) in [6.07, 6.45) is 4.01. The molecular formula is C29H27FN2O6S. The predicted molar refractivity (Wildman–Crippen MR) is 145 cm³/mol. The van der Waals surface area contributed by atoms with Crippen LogP contribution in [0.5, 0.6) is 17.4 Å². The van der Waals surface area contributed by atoms with E-state index >= 15 is 0 Å². The number of allylic oxidation sites excluding steroid dienone is 4. The number of aryl methyl sites for hydroxylation is 3. The Hall–Kier alpha value is -4.31. The Bertz CT molecular complexity index is 1620. The topological polar surface area (TPSA) is 112 Å². The molecule has 8 nitrogen and oxygen atoms in total. The van der Waals surface area contributed by atoms with Crippen molar-refractivity contribution in [1.82, 2.24) is 9.71 Å². The maximum absolute atomic E-state index is 14.3. The third-order valence-electron chi connectivity index (χ3n) is 5.86. The summed E-state index contributed by atoms with van der Waals surface area (Å²) >= 11 is 0. The number of ether oxygens (including phenoxy) is 2. The Balaban J connectivity index is 1.79. The van der Waals surface area contributed by atoms with Crippen LogP contribution in [0.2, 0.25) is 0 Å². The largest absolute Gasteiger partial charge is 0.494 e. The molecule has 1 amide bonds. The molecule has 2 aromatic carbocycles. The quantitative estimate of drug-likeness (QED) is 0.396. The van der Waals surface area contributed by atoms with E-state index in [0.29, 0.717) is 23.7 Å². The van der Waals surface area contributed by atoms with Gasteiger partial charge < -0.3 is 9.47 Å². The van der Waals surface area contributed by atoms with Crippen molar-refractivity contribution in [3.8, 4) is 28.6 Å². The van der Waals surface area contributed by atoms with Crippen LogP contribution < -0.4 is 14.2 Å². The second-order valence-corrected chi connectivity index (χ2v) is 10.7. The predicted octanol–water partition coefficient (Wildman–Crippen LogP) is 5.48. The maximum atomic E-state index is 14.3. The van der Waals surface area contributed by atoms with E-state index in [-0.39, 0.29) is 23.6 Å². The molecule has 1 heterocycles. The van der Waals surface area contributed by atoms with Gasteiger partial charge in [-0.1, -0.05) is 29.8 Å². The lowest BCUT2D eigenvalue weighted by molar-refractivity contribution is -0.114. The van der Waals surface area contributed by atoms with Crippen LogP contribution in [-0.4, -0.2) is 31.7 Å². The molecule has 1 N–H and O–H groups in total. The molecule has 0 saturated carbocycles. The SMILES string of the molecule is CCOc1cc(F)cc(-c2ccc(C(=O)NS(=O)(=O)C3=CC=CCC3=O)c(Oc3c(C)cc(C)cc3C)n2)c1. The van der Waals surface area contributed by atoms with Crippen molar-refractivity contribution in [2.75, 3.05) is 6.61 Å². The van der Waals surface area contributed by atoms with Gasteiger partial charge in [-0.3, -0.25) is 9.59 Å². The van der Waals surface area contributed by atoms with Gasteiger partial charge in [0.05, 0.1) is 12.3 Å². The molecule has 1 aliphatic carbocycles. The van der Waals surface area contributed by atoms with E-state index in [4.69, 9.17) is 9.47 Å². The molecule has 0 unspecified atom stereocenters. The van der Waals surface area contributed by atoms with Gasteiger partial charge in [0.25, 0.3) is 15.9 Å². The first-order valence-corrected chi connectivity index (χ1v) is 13.6. The number of sulfonamides is 1. The van der Waals surface area contributed by atoms with Gasteiger partial charge in [-0.25, -0.2) is 22.5 Å². The van der Waals surface area contributed by atoms with Crippen molar-refractivity contribution in [3.63, 3.8) is 0 Å². The smallest absolute Gasteiger partial charge is 0.270 e. The average Bonchev–Trinajstić information content (AvgIpc) is 2.85. The van der Waals surface area contributed by atoms with Crippen molar-refractivity contribution >= 4 is 21.7 Å². The Labute approximate surface area is 226 Å². The number of nitrogens with zero attached hydrogens (tertiary/aromatic N) is 1. The molecule has 0 spiro atoms. The minimum absolute atomic E-state index is 0.0884. The number of ketones is 1. The van der Waals surface area contributed by atoms with Gasteiger partial charge in [0.2, 0.25) is 5.88 Å². The lowest BCUT2D eigenvalue weighted by atomic mass is 10.1. The number of benzene rings is 2. The van der Waals surface area contributed by atoms with E-state index in [9.17, 15) is 22.4 Å². The molecular weight excluding hydrogens is 523 g/mol. The Kier molecular flexibility index (Phi) is 7.96. The zero-order valence-electron chi connectivity index (χ0n) is 21.9. The first-order chi connectivity index (χ1) is 18.5. The molecule has 39 heavy (non-hydrogen) atoms. The third-order valence-corrected chi connectivity index (χ3v) is 7.26. The fourth-order valence-corrected chi connectivity index (χ4v) is 5.34. The summed E-state index contributed by atoms with van der Waals surface area (Å²) < 4.78 is 53.5. The van der Waals surface area contributed by atoms with E-state index in [2.05, 4.69) is 4.98 Å². The summed E-state index contributed by atoms with van der Waals surface area (Å²) in [6.45, 7) is 7.70. The highest BCUT2D eigenvalue weighted by atomic mass is 32.2. The standard InChI is InChI=1S/C29H27FN2O6S/c1-5-37-22-15-20(14-21(30)16-22)24-11-10-23(28(34)32-39(35,36)26-9-7-6-8-25(26)33)29(31-24)38-27-18(3)12-17(2)13-19(27)4/h6-7,9-16H,5,8H2,1-4H3,(H,32,34). The van der Waals surface area contributed by atoms with Crippen molar-refractivity contribution in [2.45, 2.75) is 34.1 Å². The summed E-state index contributed by atoms with van der Waals surface area (Å²) in [4.78, 5) is 29.3. The number of carbonyl (C=O) groups is 2. The summed E-state index contributed by atoms with van der Waals surface area (Å²) in [5.41, 5.74) is 2.99. The van der Waals surface area contributed by atoms with Crippen molar-refractivity contribution in [1.29, 1.82) is 0 Å². The van der Waals surface area contributed by atoms with E-state index in [1.54, 1.807) is 13.0 Å². The molecule has 0 radical (unpaired) electrons. The Morgan fingerprint density at radius 1 is 1.08 bits per heavy atom. The number of rotatable bonds is 8. The lowest BCUT2D eigenvalue weighted by Gasteiger charge is -2.16. The summed E-state index contributed by atoms with van der Waals surface area (Å²) in [5.74, 6) is -1.67. The molecule has 202 valence electrons. The number of hydrogen-bond acceptors (Lipinski definition) is 7. The zero-order valence-corrected chi connectivity index (χ0v) is 22.7. The first-order valence-electron chi connectivity index (χ1n) is 12.2. The summed E-state index contributed by atoms with van der Waals surface area (Å²) in [5, 5.41) is 0. The Morgan fingerprint density at radius 3 is 2.46 bits per heavy atom. The molecule has 3 aromatic rings. The second-order valence-electron chi connectivity index (χ2n) is 9.01. The van der Waals surface area contributed by atoms with Gasteiger partial charge in [-0.15, -0.1) is 0 Å². The minimum Gasteiger partial charge on any atom is -0.494 e. The molecule has 4 rings (SSSR count). The highest BCUT2D eigenvalue weighted by molar-refractivity contribution is 7.95. The van der Waals surface area contributed by atoms with Gasteiger partial charge in [-0.2, -0.15) is 0 Å². The van der Waals surface area contributed by atoms with Crippen LogP contribution in [0.1, 0.15) is 40.4 Å². The van der Waals surface area contributed by atoms with Crippen LogP contribution in [0.4, 0.5) is 4.39 Å². The molecule has 10 heteroatoms. The van der Waals surface area contributed by atoms with Gasteiger partial charge in [0, 0.05) is 18.1 Å². The molecule has 0 fully saturated rings. The van der Waals surface area contributed by atoms with Crippen LogP contribution in [0, 0.1) is 26.6 Å². The van der Waals surface area contributed by atoms with Crippen molar-refractivity contribution in [3.05, 3.63) is 93.7 Å². The summed E-state index contributed by atoms with van der Waals surface area (Å²) in [7, 11) is -4.46. The van der Waals surface area contributed by atoms with Crippen LogP contribution in [0.25, 0.3) is 11.3 Å². The van der Waals surface area contributed by atoms with Gasteiger partial charge >= 0.3 is 0 Å². The summed E-state index contributed by atoms with van der Waals surface area (Å²) in [6, 6.07) is 10.7. The zero-order chi connectivity index (χ0) is 28.3. The van der Waals surface area contributed by atoms with Gasteiger partial charge in [0.15, 0.2) is 5.78 Å². The minimum atomic E-state index is -4.46. The van der Waals surface area contributed by atoms with E-state index in [0.717, 1.165) is 22.8 Å². The molecule has 1 aromatic heterocycles. The van der Waals surface area contributed by atoms with E-state index in [1.165, 1.54) is 36.4 Å². The number of halogens is 1. The van der Waals surface area contributed by atoms with Gasteiger partial charge in [0.1, 0.15) is 27.8 Å². The van der Waals surface area contributed by atoms with Crippen LogP contribution in [0.15, 0.2) is 65.6 Å². The molecule has 1 aliphatic rings. The van der Waals surface area contributed by atoms with Crippen molar-refractivity contribution < 1.29 is 31.9 Å². The van der Waals surface area contributed by atoms with Crippen LogP contribution in [0.3, 0.4) is 0 Å². The number of carbonyl (C=O) groups excluding carboxylic acids is 2. The number of Topliss-reactive ketones (excluding diaryl/α,β-unsaturated/α-hetero) is 1. The molecule has 0 saturated heterocycles. The fraction of sp³-hybridized carbons (Fsp3) is 0.207.